The van der Waals surface area contributed by atoms with E-state index in [-0.39, 0.29) is 12.7 Å². The number of hydrogen-bond acceptors (Lipinski definition) is 7. The minimum Gasteiger partial charge on any atom is -0.454 e. The first-order chi connectivity index (χ1) is 16.2. The maximum Gasteiger partial charge on any atom is 0.254 e. The van der Waals surface area contributed by atoms with Crippen molar-refractivity contribution in [1.82, 2.24) is 10.1 Å². The predicted octanol–water partition coefficient (Wildman–Crippen LogP) is 4.68. The summed E-state index contributed by atoms with van der Waals surface area (Å²) < 4.78 is 16.8. The molecule has 8 heteroatoms. The highest BCUT2D eigenvalue weighted by Crippen LogP contribution is 2.35. The molecule has 33 heavy (non-hydrogen) atoms. The lowest BCUT2D eigenvalue weighted by Gasteiger charge is -2.28. The number of aromatic nitrogens is 1. The minimum atomic E-state index is -0.0458. The summed E-state index contributed by atoms with van der Waals surface area (Å²) in [5, 5.41) is 4.46. The molecule has 0 saturated carbocycles. The van der Waals surface area contributed by atoms with E-state index in [4.69, 9.17) is 14.0 Å². The van der Waals surface area contributed by atoms with E-state index in [0.717, 1.165) is 53.7 Å². The Hall–Kier alpha value is -3.13. The van der Waals surface area contributed by atoms with Crippen LogP contribution < -0.4 is 14.4 Å². The summed E-state index contributed by atoms with van der Waals surface area (Å²) in [5.41, 5.74) is 3.32. The van der Waals surface area contributed by atoms with Gasteiger partial charge in [0.1, 0.15) is 5.69 Å². The Labute approximate surface area is 197 Å². The molecule has 3 aromatic rings. The molecule has 1 aromatic heterocycles. The second-order valence-corrected chi connectivity index (χ2v) is 9.30. The first kappa shape index (κ1) is 21.7. The molecule has 7 nitrogen and oxygen atoms in total. The zero-order valence-electron chi connectivity index (χ0n) is 18.7. The summed E-state index contributed by atoms with van der Waals surface area (Å²) in [4.78, 5) is 17.7. The summed E-state index contributed by atoms with van der Waals surface area (Å²) in [7, 11) is 0. The maximum absolute atomic E-state index is 13.6. The Balaban J connectivity index is 1.49. The smallest absolute Gasteiger partial charge is 0.254 e. The number of fused-ring (bicyclic) bond motifs is 1. The molecular formula is C25H27N3O4S. The van der Waals surface area contributed by atoms with Crippen LogP contribution >= 0.6 is 11.8 Å². The van der Waals surface area contributed by atoms with Gasteiger partial charge in [-0.15, -0.1) is 0 Å². The van der Waals surface area contributed by atoms with Crippen molar-refractivity contribution in [3.05, 3.63) is 59.7 Å². The van der Waals surface area contributed by atoms with E-state index in [2.05, 4.69) is 17.0 Å². The Morgan fingerprint density at radius 1 is 1.09 bits per heavy atom. The summed E-state index contributed by atoms with van der Waals surface area (Å²) >= 11 is 1.95. The van der Waals surface area contributed by atoms with E-state index in [1.54, 1.807) is 18.2 Å². The van der Waals surface area contributed by atoms with Crippen LogP contribution in [0.4, 0.5) is 5.88 Å². The van der Waals surface area contributed by atoms with Gasteiger partial charge in [-0.1, -0.05) is 42.4 Å². The van der Waals surface area contributed by atoms with E-state index in [1.165, 1.54) is 0 Å². The SMILES string of the molecule is CCCN(Cc1c(-c2ccccc2)noc1N1CCSCC1)C(=O)c1ccc2c(c1)OCO2. The number of benzene rings is 2. The van der Waals surface area contributed by atoms with E-state index >= 15 is 0 Å². The average molecular weight is 466 g/mol. The zero-order valence-corrected chi connectivity index (χ0v) is 19.5. The highest BCUT2D eigenvalue weighted by molar-refractivity contribution is 7.99. The van der Waals surface area contributed by atoms with Gasteiger partial charge in [0, 0.05) is 42.3 Å². The molecule has 1 amide bonds. The first-order valence-electron chi connectivity index (χ1n) is 11.3. The lowest BCUT2D eigenvalue weighted by atomic mass is 10.1. The van der Waals surface area contributed by atoms with Crippen molar-refractivity contribution in [2.24, 2.45) is 0 Å². The topological polar surface area (TPSA) is 68.0 Å². The molecule has 0 bridgehead atoms. The summed E-state index contributed by atoms with van der Waals surface area (Å²) in [6, 6.07) is 15.4. The molecule has 1 saturated heterocycles. The number of thioether (sulfide) groups is 1. The van der Waals surface area contributed by atoms with Crippen LogP contribution in [0, 0.1) is 0 Å². The van der Waals surface area contributed by atoms with Crippen LogP contribution in [0.5, 0.6) is 11.5 Å². The van der Waals surface area contributed by atoms with Crippen LogP contribution in [0.2, 0.25) is 0 Å². The van der Waals surface area contributed by atoms with Gasteiger partial charge in [0.2, 0.25) is 12.7 Å². The average Bonchev–Trinajstić information content (AvgIpc) is 3.51. The molecule has 0 N–H and O–H groups in total. The number of rotatable bonds is 7. The van der Waals surface area contributed by atoms with Crippen molar-refractivity contribution < 1.29 is 18.8 Å². The number of anilines is 1. The van der Waals surface area contributed by atoms with Gasteiger partial charge >= 0.3 is 0 Å². The number of ether oxygens (including phenoxy) is 2. The fourth-order valence-electron chi connectivity index (χ4n) is 4.21. The van der Waals surface area contributed by atoms with Crippen LogP contribution in [0.15, 0.2) is 53.1 Å². The second kappa shape index (κ2) is 9.79. The number of carbonyl (C=O) groups excluding carboxylic acids is 1. The highest BCUT2D eigenvalue weighted by atomic mass is 32.2. The Bertz CT molecular complexity index is 1110. The van der Waals surface area contributed by atoms with Crippen molar-refractivity contribution in [1.29, 1.82) is 0 Å². The van der Waals surface area contributed by atoms with Crippen molar-refractivity contribution in [3.63, 3.8) is 0 Å². The molecule has 1 fully saturated rings. The van der Waals surface area contributed by atoms with Crippen LogP contribution in [-0.2, 0) is 6.54 Å². The Morgan fingerprint density at radius 2 is 1.88 bits per heavy atom. The normalized spacial score (nSPS) is 15.0. The summed E-state index contributed by atoms with van der Waals surface area (Å²) in [5.74, 6) is 4.11. The standard InChI is InChI=1S/C25H27N3O4S/c1-2-10-28(24(29)19-8-9-21-22(15-19)31-17-30-21)16-20-23(18-6-4-3-5-7-18)26-32-25(20)27-11-13-33-14-12-27/h3-9,15H,2,10-14,16-17H2,1H3. The largest absolute Gasteiger partial charge is 0.454 e. The van der Waals surface area contributed by atoms with E-state index in [1.807, 2.05) is 47.0 Å². The van der Waals surface area contributed by atoms with Crippen molar-refractivity contribution in [2.45, 2.75) is 19.9 Å². The van der Waals surface area contributed by atoms with Gasteiger partial charge in [-0.25, -0.2) is 0 Å². The molecule has 0 aliphatic carbocycles. The molecule has 0 atom stereocenters. The maximum atomic E-state index is 13.6. The van der Waals surface area contributed by atoms with Gasteiger partial charge in [-0.05, 0) is 24.6 Å². The zero-order chi connectivity index (χ0) is 22.6. The predicted molar refractivity (Wildman–Crippen MR) is 129 cm³/mol. The van der Waals surface area contributed by atoms with Gasteiger partial charge in [0.25, 0.3) is 5.91 Å². The fourth-order valence-corrected chi connectivity index (χ4v) is 5.11. The van der Waals surface area contributed by atoms with Gasteiger partial charge in [0.05, 0.1) is 12.1 Å². The molecule has 172 valence electrons. The van der Waals surface area contributed by atoms with Crippen molar-refractivity contribution in [2.75, 3.05) is 42.8 Å². The third kappa shape index (κ3) is 4.53. The fraction of sp³-hybridized carbons (Fsp3) is 0.360. The molecule has 3 heterocycles. The Morgan fingerprint density at radius 3 is 2.67 bits per heavy atom. The van der Waals surface area contributed by atoms with Gasteiger partial charge < -0.3 is 23.8 Å². The van der Waals surface area contributed by atoms with Crippen LogP contribution in [0.25, 0.3) is 11.3 Å². The van der Waals surface area contributed by atoms with E-state index in [0.29, 0.717) is 30.2 Å². The lowest BCUT2D eigenvalue weighted by Crippen LogP contribution is -2.35. The first-order valence-corrected chi connectivity index (χ1v) is 12.5. The third-order valence-corrected chi connectivity index (χ3v) is 6.80. The number of carbonyl (C=O) groups is 1. The molecule has 0 spiro atoms. The third-order valence-electron chi connectivity index (χ3n) is 5.86. The molecule has 0 unspecified atom stereocenters. The lowest BCUT2D eigenvalue weighted by molar-refractivity contribution is 0.0743. The van der Waals surface area contributed by atoms with Gasteiger partial charge in [0.15, 0.2) is 11.5 Å². The quantitative estimate of drug-likeness (QED) is 0.502. The summed E-state index contributed by atoms with van der Waals surface area (Å²) in [6.45, 7) is 5.13. The molecule has 0 radical (unpaired) electrons. The number of nitrogens with zero attached hydrogens (tertiary/aromatic N) is 3. The van der Waals surface area contributed by atoms with Crippen molar-refractivity contribution in [3.8, 4) is 22.8 Å². The van der Waals surface area contributed by atoms with Crippen molar-refractivity contribution >= 4 is 23.6 Å². The van der Waals surface area contributed by atoms with Crippen LogP contribution in [0.1, 0.15) is 29.3 Å². The second-order valence-electron chi connectivity index (χ2n) is 8.08. The van der Waals surface area contributed by atoms with Gasteiger partial charge in [-0.2, -0.15) is 11.8 Å². The molecular weight excluding hydrogens is 438 g/mol. The Kier molecular flexibility index (Phi) is 6.44. The number of hydrogen-bond donors (Lipinski definition) is 0. The molecule has 2 aliphatic heterocycles. The monoisotopic (exact) mass is 465 g/mol. The summed E-state index contributed by atoms with van der Waals surface area (Å²) in [6.07, 6.45) is 0.845. The number of amides is 1. The van der Waals surface area contributed by atoms with Crippen LogP contribution in [0.3, 0.4) is 0 Å². The van der Waals surface area contributed by atoms with Gasteiger partial charge in [-0.3, -0.25) is 4.79 Å². The van der Waals surface area contributed by atoms with E-state index < -0.39 is 0 Å². The highest BCUT2D eigenvalue weighted by Gasteiger charge is 2.28. The minimum absolute atomic E-state index is 0.0458. The van der Waals surface area contributed by atoms with Crippen LogP contribution in [-0.4, -0.2) is 53.9 Å². The molecule has 5 rings (SSSR count). The van der Waals surface area contributed by atoms with E-state index in [9.17, 15) is 4.79 Å². The molecule has 2 aromatic carbocycles. The molecule has 2 aliphatic rings.